The van der Waals surface area contributed by atoms with E-state index in [2.05, 4.69) is 4.74 Å². The largest absolute Gasteiger partial charge is 0.463 e. The Morgan fingerprint density at radius 2 is 1.06 bits per heavy atom. The molecule has 0 aliphatic carbocycles. The zero-order chi connectivity index (χ0) is 16.1. The summed E-state index contributed by atoms with van der Waals surface area (Å²) in [6.07, 6.45) is -0.368. The van der Waals surface area contributed by atoms with Crippen LogP contribution < -0.4 is 0 Å². The van der Waals surface area contributed by atoms with Crippen molar-refractivity contribution in [2.45, 2.75) is 68.7 Å². The number of ketones is 2. The number of methoxy groups -OCH3 is 1. The Hall–Kier alpha value is -1.19. The number of hydrogen-bond donors (Lipinski definition) is 0. The van der Waals surface area contributed by atoms with E-state index in [0.717, 1.165) is 7.11 Å². The van der Waals surface area contributed by atoms with Crippen LogP contribution in [0.5, 0.6) is 0 Å². The lowest BCUT2D eigenvalue weighted by molar-refractivity contribution is -0.152. The Morgan fingerprint density at radius 1 is 0.778 bits per heavy atom. The molecule has 0 rings (SSSR count). The van der Waals surface area contributed by atoms with E-state index in [0.29, 0.717) is 0 Å². The van der Waals surface area contributed by atoms with E-state index in [1.807, 2.05) is 55.4 Å². The highest BCUT2D eigenvalue weighted by molar-refractivity contribution is 6.36. The molecule has 0 bridgehead atoms. The molecule has 0 saturated heterocycles. The molecule has 0 unspecified atom stereocenters. The van der Waals surface area contributed by atoms with Crippen molar-refractivity contribution in [2.75, 3.05) is 7.11 Å². The van der Waals surface area contributed by atoms with Gasteiger partial charge in [0.15, 0.2) is 0 Å². The van der Waals surface area contributed by atoms with E-state index < -0.39 is 11.8 Å². The van der Waals surface area contributed by atoms with Crippen molar-refractivity contribution < 1.29 is 19.1 Å². The highest BCUT2D eigenvalue weighted by Crippen LogP contribution is 1.86. The van der Waals surface area contributed by atoms with Gasteiger partial charge in [0, 0.05) is 0 Å². The molecule has 0 spiro atoms. The lowest BCUT2D eigenvalue weighted by Gasteiger charge is -1.93. The fourth-order valence-electron chi connectivity index (χ4n) is 0.412. The maximum Gasteiger partial charge on any atom is 0.374 e. The van der Waals surface area contributed by atoms with Crippen molar-refractivity contribution in [1.82, 2.24) is 0 Å². The topological polar surface area (TPSA) is 60.4 Å². The van der Waals surface area contributed by atoms with E-state index in [1.165, 1.54) is 6.92 Å². The minimum atomic E-state index is -0.963. The van der Waals surface area contributed by atoms with Gasteiger partial charge in [-0.3, -0.25) is 9.59 Å². The molecule has 0 radical (unpaired) electrons. The first-order valence-electron chi connectivity index (χ1n) is 6.68. The van der Waals surface area contributed by atoms with Gasteiger partial charge in [0.1, 0.15) is 5.78 Å². The standard InChI is InChI=1S/C6H8O4.4C2H6/c1-4(7)3-5(8)6(9)10-2;4*1-2/h3H2,1-2H3;4*1-2H3. The molecule has 0 atom stereocenters. The van der Waals surface area contributed by atoms with Gasteiger partial charge >= 0.3 is 5.97 Å². The van der Waals surface area contributed by atoms with E-state index in [-0.39, 0.29) is 12.2 Å². The molecule has 0 fully saturated rings. The van der Waals surface area contributed by atoms with Gasteiger partial charge in [-0.2, -0.15) is 0 Å². The van der Waals surface area contributed by atoms with E-state index in [1.54, 1.807) is 0 Å². The molecule has 0 amide bonds. The molecule has 0 N–H and O–H groups in total. The number of rotatable bonds is 3. The van der Waals surface area contributed by atoms with Gasteiger partial charge in [0.25, 0.3) is 0 Å². The van der Waals surface area contributed by atoms with Crippen LogP contribution in [0.15, 0.2) is 0 Å². The van der Waals surface area contributed by atoms with Crippen LogP contribution in [0.3, 0.4) is 0 Å². The van der Waals surface area contributed by atoms with Crippen LogP contribution >= 0.6 is 0 Å². The van der Waals surface area contributed by atoms with Crippen LogP contribution in [-0.4, -0.2) is 24.6 Å². The van der Waals surface area contributed by atoms with Crippen LogP contribution in [-0.2, 0) is 19.1 Å². The number of carbonyl (C=O) groups is 3. The Kier molecular flexibility index (Phi) is 60.3. The van der Waals surface area contributed by atoms with Gasteiger partial charge in [-0.05, 0) is 6.92 Å². The number of ether oxygens (including phenoxy) is 1. The second-order valence-electron chi connectivity index (χ2n) is 1.79. The second kappa shape index (κ2) is 36.0. The van der Waals surface area contributed by atoms with Crippen LogP contribution in [0.1, 0.15) is 68.7 Å². The van der Waals surface area contributed by atoms with Crippen LogP contribution in [0.25, 0.3) is 0 Å². The van der Waals surface area contributed by atoms with Gasteiger partial charge in [-0.15, -0.1) is 0 Å². The van der Waals surface area contributed by atoms with Gasteiger partial charge in [-0.1, -0.05) is 55.4 Å². The Morgan fingerprint density at radius 3 is 1.22 bits per heavy atom. The first-order chi connectivity index (χ1) is 8.57. The monoisotopic (exact) mass is 264 g/mol. The highest BCUT2D eigenvalue weighted by Gasteiger charge is 2.14. The predicted octanol–water partition coefficient (Wildman–Crippen LogP) is 3.81. The predicted molar refractivity (Wildman–Crippen MR) is 77.7 cm³/mol. The third kappa shape index (κ3) is 36.4. The maximum absolute atomic E-state index is 10.5. The van der Waals surface area contributed by atoms with E-state index >= 15 is 0 Å². The molecule has 0 aromatic heterocycles. The number of hydrogen-bond acceptors (Lipinski definition) is 4. The van der Waals surface area contributed by atoms with Crippen molar-refractivity contribution in [2.24, 2.45) is 0 Å². The normalized spacial score (nSPS) is 6.11. The number of esters is 1. The van der Waals surface area contributed by atoms with Crippen LogP contribution in [0, 0.1) is 0 Å². The van der Waals surface area contributed by atoms with Gasteiger partial charge < -0.3 is 4.74 Å². The smallest absolute Gasteiger partial charge is 0.374 e. The Bertz CT molecular complexity index is 175. The first-order valence-corrected chi connectivity index (χ1v) is 6.68. The van der Waals surface area contributed by atoms with Crippen molar-refractivity contribution in [3.05, 3.63) is 0 Å². The molecule has 112 valence electrons. The molecule has 18 heavy (non-hydrogen) atoms. The van der Waals surface area contributed by atoms with E-state index in [4.69, 9.17) is 0 Å². The zero-order valence-corrected chi connectivity index (χ0v) is 13.8. The van der Waals surface area contributed by atoms with Crippen molar-refractivity contribution in [3.63, 3.8) is 0 Å². The molecular formula is C14H32O4. The van der Waals surface area contributed by atoms with Crippen LogP contribution in [0.2, 0.25) is 0 Å². The van der Waals surface area contributed by atoms with Gasteiger partial charge in [0.2, 0.25) is 5.78 Å². The van der Waals surface area contributed by atoms with Gasteiger partial charge in [-0.25, -0.2) is 4.79 Å². The minimum Gasteiger partial charge on any atom is -0.463 e. The molecule has 0 aliphatic rings. The summed E-state index contributed by atoms with van der Waals surface area (Å²) >= 11 is 0. The molecular weight excluding hydrogens is 232 g/mol. The highest BCUT2D eigenvalue weighted by atomic mass is 16.5. The quantitative estimate of drug-likeness (QED) is 0.442. The molecule has 4 nitrogen and oxygen atoms in total. The maximum atomic E-state index is 10.5. The summed E-state index contributed by atoms with van der Waals surface area (Å²) < 4.78 is 4.07. The number of Topliss-reactive ketones (excluding diaryl/α,β-unsaturated/α-hetero) is 2. The van der Waals surface area contributed by atoms with Gasteiger partial charge in [0.05, 0.1) is 13.5 Å². The third-order valence-corrected chi connectivity index (χ3v) is 0.823. The number of carbonyl (C=O) groups excluding carboxylic acids is 3. The summed E-state index contributed by atoms with van der Waals surface area (Å²) in [5.74, 6) is -2.10. The Labute approximate surface area is 113 Å². The van der Waals surface area contributed by atoms with E-state index in [9.17, 15) is 14.4 Å². The fourth-order valence-corrected chi connectivity index (χ4v) is 0.412. The van der Waals surface area contributed by atoms with Crippen molar-refractivity contribution in [3.8, 4) is 0 Å². The van der Waals surface area contributed by atoms with Crippen molar-refractivity contribution >= 4 is 17.5 Å². The molecule has 0 aliphatic heterocycles. The SMILES string of the molecule is CC.CC.CC.CC.COC(=O)C(=O)CC(C)=O. The first kappa shape index (κ1) is 30.1. The molecule has 0 saturated carbocycles. The summed E-state index contributed by atoms with van der Waals surface area (Å²) in [7, 11) is 1.10. The third-order valence-electron chi connectivity index (χ3n) is 0.823. The Balaban J connectivity index is -0.0000000596. The van der Waals surface area contributed by atoms with Crippen molar-refractivity contribution in [1.29, 1.82) is 0 Å². The van der Waals surface area contributed by atoms with Crippen LogP contribution in [0.4, 0.5) is 0 Å². The molecule has 0 heterocycles. The molecule has 0 aromatic rings. The minimum absolute atomic E-state index is 0.338. The lowest BCUT2D eigenvalue weighted by atomic mass is 10.2. The molecule has 4 heteroatoms. The molecule has 0 aromatic carbocycles. The zero-order valence-electron chi connectivity index (χ0n) is 13.8. The second-order valence-corrected chi connectivity index (χ2v) is 1.79. The summed E-state index contributed by atoms with van der Waals surface area (Å²) in [4.78, 5) is 31.1. The fraction of sp³-hybridized carbons (Fsp3) is 0.786. The summed E-state index contributed by atoms with van der Waals surface area (Å²) in [6, 6.07) is 0. The average molecular weight is 264 g/mol. The summed E-state index contributed by atoms with van der Waals surface area (Å²) in [5, 5.41) is 0. The average Bonchev–Trinajstić information content (AvgIpc) is 2.46. The summed E-state index contributed by atoms with van der Waals surface area (Å²) in [5.41, 5.74) is 0. The summed E-state index contributed by atoms with van der Waals surface area (Å²) in [6.45, 7) is 17.2. The lowest BCUT2D eigenvalue weighted by Crippen LogP contribution is -2.17.